The Morgan fingerprint density at radius 3 is 2.50 bits per heavy atom. The standard InChI is InChI=1S/C18H20N2/c1-3-6-14-12-15-10-9-13-8-5-11-19-17(13)18(15)20-16(14)7-4-2/h5,8-12H,3-4,6-7H2,1-2H3. The van der Waals surface area contributed by atoms with Crippen molar-refractivity contribution in [3.63, 3.8) is 0 Å². The van der Waals surface area contributed by atoms with Crippen LogP contribution in [-0.2, 0) is 12.8 Å². The highest BCUT2D eigenvalue weighted by Gasteiger charge is 2.09. The highest BCUT2D eigenvalue weighted by Crippen LogP contribution is 2.25. The van der Waals surface area contributed by atoms with E-state index >= 15 is 0 Å². The molecule has 0 aliphatic carbocycles. The molecular weight excluding hydrogens is 244 g/mol. The van der Waals surface area contributed by atoms with E-state index in [2.05, 4.69) is 43.1 Å². The van der Waals surface area contributed by atoms with Crippen LogP contribution in [0.1, 0.15) is 37.9 Å². The summed E-state index contributed by atoms with van der Waals surface area (Å²) in [5, 5.41) is 2.37. The predicted molar refractivity (Wildman–Crippen MR) is 85.0 cm³/mol. The lowest BCUT2D eigenvalue weighted by molar-refractivity contribution is 0.836. The van der Waals surface area contributed by atoms with Gasteiger partial charge in [0.1, 0.15) is 0 Å². The number of nitrogens with zero attached hydrogens (tertiary/aromatic N) is 2. The number of fused-ring (bicyclic) bond motifs is 3. The van der Waals surface area contributed by atoms with Crippen molar-refractivity contribution in [3.8, 4) is 0 Å². The maximum absolute atomic E-state index is 4.95. The minimum Gasteiger partial charge on any atom is -0.254 e. The molecule has 0 saturated heterocycles. The molecule has 102 valence electrons. The summed E-state index contributed by atoms with van der Waals surface area (Å²) in [6, 6.07) is 10.7. The van der Waals surface area contributed by atoms with E-state index in [0.717, 1.165) is 42.1 Å². The molecule has 0 fully saturated rings. The van der Waals surface area contributed by atoms with Crippen molar-refractivity contribution >= 4 is 21.8 Å². The molecule has 2 heterocycles. The Bertz CT molecular complexity index is 747. The van der Waals surface area contributed by atoms with Crippen LogP contribution in [0.15, 0.2) is 36.5 Å². The Kier molecular flexibility index (Phi) is 3.64. The molecular formula is C18H20N2. The molecule has 2 aromatic heterocycles. The van der Waals surface area contributed by atoms with Crippen LogP contribution in [0.5, 0.6) is 0 Å². The minimum atomic E-state index is 1.02. The fraction of sp³-hybridized carbons (Fsp3) is 0.333. The quantitative estimate of drug-likeness (QED) is 0.639. The Balaban J connectivity index is 2.29. The van der Waals surface area contributed by atoms with Crippen LogP contribution in [0.4, 0.5) is 0 Å². The van der Waals surface area contributed by atoms with E-state index < -0.39 is 0 Å². The van der Waals surface area contributed by atoms with Gasteiger partial charge in [0.05, 0.1) is 11.0 Å². The second-order valence-corrected chi connectivity index (χ2v) is 5.31. The average molecular weight is 264 g/mol. The van der Waals surface area contributed by atoms with E-state index in [1.165, 1.54) is 16.6 Å². The fourth-order valence-corrected chi connectivity index (χ4v) is 2.80. The van der Waals surface area contributed by atoms with Gasteiger partial charge < -0.3 is 0 Å². The molecule has 2 heteroatoms. The molecule has 0 radical (unpaired) electrons. The van der Waals surface area contributed by atoms with E-state index in [-0.39, 0.29) is 0 Å². The van der Waals surface area contributed by atoms with Gasteiger partial charge in [-0.25, -0.2) is 0 Å². The zero-order valence-electron chi connectivity index (χ0n) is 12.2. The molecule has 0 N–H and O–H groups in total. The number of hydrogen-bond donors (Lipinski definition) is 0. The third-order valence-corrected chi connectivity index (χ3v) is 3.73. The third kappa shape index (κ3) is 2.26. The number of rotatable bonds is 4. The lowest BCUT2D eigenvalue weighted by atomic mass is 10.0. The largest absolute Gasteiger partial charge is 0.254 e. The monoisotopic (exact) mass is 264 g/mol. The van der Waals surface area contributed by atoms with Gasteiger partial charge in [-0.05, 0) is 30.5 Å². The van der Waals surface area contributed by atoms with E-state index in [0.29, 0.717) is 0 Å². The van der Waals surface area contributed by atoms with Crippen LogP contribution >= 0.6 is 0 Å². The first-order valence-electron chi connectivity index (χ1n) is 7.49. The highest BCUT2D eigenvalue weighted by molar-refractivity contribution is 6.02. The summed E-state index contributed by atoms with van der Waals surface area (Å²) < 4.78 is 0. The summed E-state index contributed by atoms with van der Waals surface area (Å²) in [4.78, 5) is 9.47. The van der Waals surface area contributed by atoms with Crippen LogP contribution in [0.25, 0.3) is 21.8 Å². The zero-order chi connectivity index (χ0) is 13.9. The number of aryl methyl sites for hydroxylation is 2. The van der Waals surface area contributed by atoms with Gasteiger partial charge in [-0.3, -0.25) is 9.97 Å². The van der Waals surface area contributed by atoms with Gasteiger partial charge in [0.2, 0.25) is 0 Å². The van der Waals surface area contributed by atoms with Gasteiger partial charge >= 0.3 is 0 Å². The molecule has 3 aromatic rings. The molecule has 0 spiro atoms. The van der Waals surface area contributed by atoms with Crippen molar-refractivity contribution in [2.75, 3.05) is 0 Å². The van der Waals surface area contributed by atoms with Gasteiger partial charge in [0.15, 0.2) is 0 Å². The predicted octanol–water partition coefficient (Wildman–Crippen LogP) is 4.69. The van der Waals surface area contributed by atoms with E-state index in [4.69, 9.17) is 4.98 Å². The van der Waals surface area contributed by atoms with Gasteiger partial charge in [-0.15, -0.1) is 0 Å². The number of pyridine rings is 2. The molecule has 0 atom stereocenters. The molecule has 0 aliphatic heterocycles. The van der Waals surface area contributed by atoms with Gasteiger partial charge in [0.25, 0.3) is 0 Å². The molecule has 0 unspecified atom stereocenters. The van der Waals surface area contributed by atoms with E-state index in [1.807, 2.05) is 12.3 Å². The van der Waals surface area contributed by atoms with Crippen molar-refractivity contribution in [1.82, 2.24) is 9.97 Å². The first-order chi connectivity index (χ1) is 9.83. The second kappa shape index (κ2) is 5.58. The second-order valence-electron chi connectivity index (χ2n) is 5.31. The SMILES string of the molecule is CCCc1cc2ccc3cccnc3c2nc1CCC. The molecule has 0 aliphatic rings. The van der Waals surface area contributed by atoms with Crippen LogP contribution in [-0.4, -0.2) is 9.97 Å². The molecule has 1 aromatic carbocycles. The number of benzene rings is 1. The normalized spacial score (nSPS) is 11.3. The topological polar surface area (TPSA) is 25.8 Å². The Labute approximate surface area is 119 Å². The lowest BCUT2D eigenvalue weighted by Gasteiger charge is -2.10. The van der Waals surface area contributed by atoms with Crippen molar-refractivity contribution in [1.29, 1.82) is 0 Å². The molecule has 3 rings (SSSR count). The van der Waals surface area contributed by atoms with E-state index in [1.54, 1.807) is 0 Å². The summed E-state index contributed by atoms with van der Waals surface area (Å²) in [7, 11) is 0. The summed E-state index contributed by atoms with van der Waals surface area (Å²) in [6.07, 6.45) is 6.30. The van der Waals surface area contributed by atoms with Gasteiger partial charge in [0, 0.05) is 22.7 Å². The van der Waals surface area contributed by atoms with Gasteiger partial charge in [-0.1, -0.05) is 44.9 Å². The Morgan fingerprint density at radius 2 is 1.70 bits per heavy atom. The zero-order valence-corrected chi connectivity index (χ0v) is 12.2. The van der Waals surface area contributed by atoms with Crippen molar-refractivity contribution in [3.05, 3.63) is 47.8 Å². The number of aromatic nitrogens is 2. The summed E-state index contributed by atoms with van der Waals surface area (Å²) in [5.74, 6) is 0. The lowest BCUT2D eigenvalue weighted by Crippen LogP contribution is -1.99. The summed E-state index contributed by atoms with van der Waals surface area (Å²) in [6.45, 7) is 4.44. The van der Waals surface area contributed by atoms with Gasteiger partial charge in [-0.2, -0.15) is 0 Å². The summed E-state index contributed by atoms with van der Waals surface area (Å²) >= 11 is 0. The van der Waals surface area contributed by atoms with Crippen molar-refractivity contribution < 1.29 is 0 Å². The summed E-state index contributed by atoms with van der Waals surface area (Å²) in [5.41, 5.74) is 4.72. The number of hydrogen-bond acceptors (Lipinski definition) is 2. The van der Waals surface area contributed by atoms with Crippen LogP contribution in [0.2, 0.25) is 0 Å². The van der Waals surface area contributed by atoms with E-state index in [9.17, 15) is 0 Å². The van der Waals surface area contributed by atoms with Crippen LogP contribution in [0, 0.1) is 0 Å². The molecule has 0 amide bonds. The smallest absolute Gasteiger partial charge is 0.0968 e. The minimum absolute atomic E-state index is 1.02. The van der Waals surface area contributed by atoms with Crippen molar-refractivity contribution in [2.45, 2.75) is 39.5 Å². The molecule has 20 heavy (non-hydrogen) atoms. The first-order valence-corrected chi connectivity index (χ1v) is 7.49. The highest BCUT2D eigenvalue weighted by atomic mass is 14.8. The maximum atomic E-state index is 4.95. The maximum Gasteiger partial charge on any atom is 0.0968 e. The Morgan fingerprint density at radius 1 is 0.900 bits per heavy atom. The van der Waals surface area contributed by atoms with Crippen molar-refractivity contribution in [2.24, 2.45) is 0 Å². The third-order valence-electron chi connectivity index (χ3n) is 3.73. The molecule has 0 saturated carbocycles. The average Bonchev–Trinajstić information content (AvgIpc) is 2.48. The van der Waals surface area contributed by atoms with Crippen LogP contribution < -0.4 is 0 Å². The molecule has 2 nitrogen and oxygen atoms in total. The first kappa shape index (κ1) is 13.0. The van der Waals surface area contributed by atoms with Crippen LogP contribution in [0.3, 0.4) is 0 Å². The molecule has 0 bridgehead atoms. The Hall–Kier alpha value is -1.96. The fourth-order valence-electron chi connectivity index (χ4n) is 2.80.